The molecule has 2 N–H and O–H groups in total. The summed E-state index contributed by atoms with van der Waals surface area (Å²) in [6.45, 7) is 8.40. The summed E-state index contributed by atoms with van der Waals surface area (Å²) in [6.07, 6.45) is 21.0. The number of carboxylic acid groups (broad SMARTS) is 2. The fourth-order valence-corrected chi connectivity index (χ4v) is 6.41. The van der Waals surface area contributed by atoms with Gasteiger partial charge in [0, 0.05) is 24.3 Å². The Morgan fingerprint density at radius 1 is 0.541 bits per heavy atom. The van der Waals surface area contributed by atoms with Crippen molar-refractivity contribution in [3.63, 3.8) is 0 Å². The van der Waals surface area contributed by atoms with Gasteiger partial charge in [-0.2, -0.15) is 0 Å². The summed E-state index contributed by atoms with van der Waals surface area (Å²) in [5.74, 6) is -3.59. The van der Waals surface area contributed by atoms with Gasteiger partial charge in [0.05, 0.1) is 13.2 Å². The minimum absolute atomic E-state index is 0.0736. The van der Waals surface area contributed by atoms with Crippen molar-refractivity contribution in [2.24, 2.45) is 0 Å². The van der Waals surface area contributed by atoms with Crippen molar-refractivity contribution >= 4 is 45.0 Å². The standard InChI is InChI=1S/2C8H17.2C6H8O4.Sn/c2*1-3-5-7-8-6-4-2;2*1-2-10-6(9)4-3-5(7)8;/h2*1,3-8H2,2H3;2*3-4H,2H2,1H3,(H,7,8);/b;;2*4-3+;. The molecule has 0 atom stereocenters. The van der Waals surface area contributed by atoms with Gasteiger partial charge in [0.1, 0.15) is 0 Å². The predicted molar refractivity (Wildman–Crippen MR) is 149 cm³/mol. The molecule has 0 rings (SSSR count). The predicted octanol–water partition coefficient (Wildman–Crippen LogP) is 6.63. The van der Waals surface area contributed by atoms with Gasteiger partial charge in [0.25, 0.3) is 0 Å². The quantitative estimate of drug-likeness (QED) is 0.0663. The smallest absolute Gasteiger partial charge is 0.330 e. The second-order valence-corrected chi connectivity index (χ2v) is 12.4. The maximum absolute atomic E-state index is 10.4. The monoisotopic (exact) mass is 634 g/mol. The van der Waals surface area contributed by atoms with Crippen molar-refractivity contribution in [2.75, 3.05) is 13.2 Å². The van der Waals surface area contributed by atoms with E-state index in [1.807, 2.05) is 0 Å². The van der Waals surface area contributed by atoms with Crippen molar-refractivity contribution in [3.8, 4) is 0 Å². The molecular formula is C28H50O8Sn. The number of unbranched alkanes of at least 4 members (excludes halogenated alkanes) is 10. The minimum atomic E-state index is -1.16. The van der Waals surface area contributed by atoms with Crippen molar-refractivity contribution < 1.29 is 38.9 Å². The van der Waals surface area contributed by atoms with Crippen LogP contribution in [-0.2, 0) is 28.7 Å². The number of carbonyl (C=O) groups is 4. The van der Waals surface area contributed by atoms with E-state index in [1.54, 1.807) is 35.6 Å². The van der Waals surface area contributed by atoms with E-state index < -0.39 is 23.9 Å². The molecule has 0 amide bonds. The van der Waals surface area contributed by atoms with Gasteiger partial charge in [-0.1, -0.05) is 0 Å². The van der Waals surface area contributed by atoms with Crippen molar-refractivity contribution in [1.82, 2.24) is 0 Å². The first-order chi connectivity index (χ1) is 17.7. The number of hydrogen-bond acceptors (Lipinski definition) is 6. The fraction of sp³-hybridized carbons (Fsp3) is 0.714. The first-order valence-electron chi connectivity index (χ1n) is 13.6. The third kappa shape index (κ3) is 44.6. The molecule has 0 aliphatic carbocycles. The van der Waals surface area contributed by atoms with Gasteiger partial charge in [0.2, 0.25) is 0 Å². The van der Waals surface area contributed by atoms with Gasteiger partial charge in [-0.25, -0.2) is 19.2 Å². The molecule has 0 aliphatic heterocycles. The largest absolute Gasteiger partial charge is 0.478 e. The van der Waals surface area contributed by atoms with Gasteiger partial charge in [-0.05, 0) is 13.8 Å². The van der Waals surface area contributed by atoms with E-state index >= 15 is 0 Å². The zero-order chi connectivity index (χ0) is 28.6. The second kappa shape index (κ2) is 34.2. The van der Waals surface area contributed by atoms with E-state index in [0.29, 0.717) is 0 Å². The molecule has 37 heavy (non-hydrogen) atoms. The third-order valence-electron chi connectivity index (χ3n) is 4.71. The Hall–Kier alpha value is -1.84. The average molecular weight is 633 g/mol. The molecule has 0 saturated heterocycles. The SMILES string of the molecule is CCCCCCC[CH2][Sn][CH2]CCCCCCC.CCOC(=O)/C=C/C(=O)O.CCOC(=O)/C=C/C(=O)O. The Morgan fingerprint density at radius 2 is 0.865 bits per heavy atom. The molecule has 0 fully saturated rings. The molecule has 0 aromatic rings. The average Bonchev–Trinajstić information content (AvgIpc) is 2.85. The molecule has 0 aromatic heterocycles. The van der Waals surface area contributed by atoms with Crippen molar-refractivity contribution in [2.45, 2.75) is 114 Å². The maximum atomic E-state index is 10.4. The van der Waals surface area contributed by atoms with Crippen LogP contribution in [0.1, 0.15) is 105 Å². The molecule has 0 saturated carbocycles. The molecule has 214 valence electrons. The number of carboxylic acids is 2. The normalized spacial score (nSPS) is 10.3. The fourth-order valence-electron chi connectivity index (χ4n) is 2.85. The Balaban J connectivity index is -0.000000499. The Labute approximate surface area is 234 Å². The minimum Gasteiger partial charge on any atom is -0.478 e. The summed E-state index contributed by atoms with van der Waals surface area (Å²) in [7, 11) is 0. The molecule has 0 heterocycles. The molecule has 0 aromatic carbocycles. The molecule has 9 heteroatoms. The van der Waals surface area contributed by atoms with Crippen molar-refractivity contribution in [1.29, 1.82) is 0 Å². The number of hydrogen-bond donors (Lipinski definition) is 2. The van der Waals surface area contributed by atoms with Gasteiger partial charge < -0.3 is 19.7 Å². The summed E-state index contributed by atoms with van der Waals surface area (Å²) < 4.78 is 12.1. The molecule has 0 bridgehead atoms. The van der Waals surface area contributed by atoms with E-state index in [0.717, 1.165) is 24.3 Å². The topological polar surface area (TPSA) is 127 Å². The first-order valence-corrected chi connectivity index (χ1v) is 17.6. The molecule has 0 unspecified atom stereocenters. The van der Waals surface area contributed by atoms with Gasteiger partial charge in [-0.15, -0.1) is 0 Å². The van der Waals surface area contributed by atoms with Crippen LogP contribution in [0.2, 0.25) is 8.87 Å². The van der Waals surface area contributed by atoms with Crippen LogP contribution in [0.25, 0.3) is 0 Å². The van der Waals surface area contributed by atoms with Crippen LogP contribution in [0, 0.1) is 0 Å². The van der Waals surface area contributed by atoms with E-state index in [1.165, 1.54) is 64.2 Å². The number of carbonyl (C=O) groups excluding carboxylic acids is 2. The molecule has 0 aliphatic rings. The van der Waals surface area contributed by atoms with Crippen LogP contribution in [0.5, 0.6) is 0 Å². The summed E-state index contributed by atoms with van der Waals surface area (Å²) in [5.41, 5.74) is 0. The van der Waals surface area contributed by atoms with Crippen LogP contribution >= 0.6 is 0 Å². The number of esters is 2. The second-order valence-electron chi connectivity index (χ2n) is 8.13. The maximum Gasteiger partial charge on any atom is 0.330 e. The van der Waals surface area contributed by atoms with Crippen molar-refractivity contribution in [3.05, 3.63) is 24.3 Å². The van der Waals surface area contributed by atoms with E-state index in [4.69, 9.17) is 10.2 Å². The molecule has 8 nitrogen and oxygen atoms in total. The zero-order valence-electron chi connectivity index (χ0n) is 23.5. The van der Waals surface area contributed by atoms with E-state index in [9.17, 15) is 19.2 Å². The Kier molecular flexibility index (Phi) is 36.6. The van der Waals surface area contributed by atoms with Gasteiger partial charge in [0.15, 0.2) is 0 Å². The van der Waals surface area contributed by atoms with Gasteiger partial charge >= 0.3 is 145 Å². The molecule has 2 radical (unpaired) electrons. The number of aliphatic carboxylic acids is 2. The zero-order valence-corrected chi connectivity index (χ0v) is 26.3. The summed E-state index contributed by atoms with van der Waals surface area (Å²) in [6, 6.07) is 0. The third-order valence-corrected chi connectivity index (χ3v) is 8.75. The summed E-state index contributed by atoms with van der Waals surface area (Å²) in [4.78, 5) is 40.4. The van der Waals surface area contributed by atoms with Crippen LogP contribution in [0.4, 0.5) is 0 Å². The molecule has 0 spiro atoms. The number of ether oxygens (including phenoxy) is 2. The Morgan fingerprint density at radius 3 is 1.16 bits per heavy atom. The van der Waals surface area contributed by atoms with E-state index in [-0.39, 0.29) is 34.4 Å². The molecular weight excluding hydrogens is 583 g/mol. The number of rotatable bonds is 20. The van der Waals surface area contributed by atoms with Gasteiger partial charge in [-0.3, -0.25) is 0 Å². The van der Waals surface area contributed by atoms with Crippen LogP contribution in [0.15, 0.2) is 24.3 Å². The summed E-state index contributed by atoms with van der Waals surface area (Å²) >= 11 is 0.0736. The van der Waals surface area contributed by atoms with E-state index in [2.05, 4.69) is 23.3 Å². The van der Waals surface area contributed by atoms with Crippen LogP contribution in [0.3, 0.4) is 0 Å². The summed E-state index contributed by atoms with van der Waals surface area (Å²) in [5, 5.41) is 16.1. The van der Waals surface area contributed by atoms with Crippen LogP contribution < -0.4 is 0 Å². The van der Waals surface area contributed by atoms with Crippen LogP contribution in [-0.4, -0.2) is 68.4 Å². The Bertz CT molecular complexity index is 565. The first kappa shape index (κ1) is 39.7.